The Kier molecular flexibility index (Phi) is 3.38. The van der Waals surface area contributed by atoms with Crippen LogP contribution in [0.1, 0.15) is 27.2 Å². The van der Waals surface area contributed by atoms with Crippen LogP contribution in [0, 0.1) is 11.2 Å². The van der Waals surface area contributed by atoms with E-state index in [2.05, 4.69) is 26.1 Å². The molecule has 0 heterocycles. The van der Waals surface area contributed by atoms with Gasteiger partial charge in [0, 0.05) is 17.9 Å². The molecular formula is C14H20FNO. The molecule has 0 spiro atoms. The second-order valence-corrected chi connectivity index (χ2v) is 5.23. The van der Waals surface area contributed by atoms with Gasteiger partial charge in [0.05, 0.1) is 0 Å². The highest BCUT2D eigenvalue weighted by molar-refractivity contribution is 5.23. The predicted octanol–water partition coefficient (Wildman–Crippen LogP) is 2.98. The van der Waals surface area contributed by atoms with Crippen LogP contribution in [-0.2, 0) is 0 Å². The largest absolute Gasteiger partial charge is 0.490 e. The maximum Gasteiger partial charge on any atom is 0.123 e. The van der Waals surface area contributed by atoms with Crippen molar-refractivity contribution in [1.29, 1.82) is 0 Å². The Morgan fingerprint density at radius 3 is 2.53 bits per heavy atom. The van der Waals surface area contributed by atoms with E-state index in [0.29, 0.717) is 6.04 Å². The molecule has 17 heavy (non-hydrogen) atoms. The molecule has 2 atom stereocenters. The molecule has 3 heteroatoms. The van der Waals surface area contributed by atoms with Gasteiger partial charge in [-0.25, -0.2) is 4.39 Å². The van der Waals surface area contributed by atoms with E-state index in [4.69, 9.17) is 4.74 Å². The minimum atomic E-state index is -0.226. The van der Waals surface area contributed by atoms with E-state index in [0.717, 1.165) is 18.7 Å². The molecule has 94 valence electrons. The van der Waals surface area contributed by atoms with Crippen LogP contribution < -0.4 is 10.1 Å². The molecule has 1 aliphatic carbocycles. The second-order valence-electron chi connectivity index (χ2n) is 5.23. The number of halogens is 1. The van der Waals surface area contributed by atoms with Gasteiger partial charge in [-0.1, -0.05) is 20.8 Å². The molecule has 0 radical (unpaired) electrons. The van der Waals surface area contributed by atoms with Crippen LogP contribution in [0.25, 0.3) is 0 Å². The first-order chi connectivity index (χ1) is 8.04. The fraction of sp³-hybridized carbons (Fsp3) is 0.571. The molecule has 1 aromatic carbocycles. The van der Waals surface area contributed by atoms with Gasteiger partial charge in [0.25, 0.3) is 0 Å². The monoisotopic (exact) mass is 237 g/mol. The van der Waals surface area contributed by atoms with Crippen molar-refractivity contribution < 1.29 is 9.13 Å². The number of hydrogen-bond donors (Lipinski definition) is 1. The second kappa shape index (κ2) is 4.65. The topological polar surface area (TPSA) is 21.3 Å². The summed E-state index contributed by atoms with van der Waals surface area (Å²) in [5, 5.41) is 3.46. The lowest BCUT2D eigenvalue weighted by molar-refractivity contribution is -0.0541. The summed E-state index contributed by atoms with van der Waals surface area (Å²) in [6.07, 6.45) is 1.22. The van der Waals surface area contributed by atoms with Crippen molar-refractivity contribution in [3.8, 4) is 5.75 Å². The molecular weight excluding hydrogens is 217 g/mol. The van der Waals surface area contributed by atoms with Crippen LogP contribution in [0.3, 0.4) is 0 Å². The van der Waals surface area contributed by atoms with E-state index >= 15 is 0 Å². The van der Waals surface area contributed by atoms with Gasteiger partial charge in [0.15, 0.2) is 0 Å². The minimum Gasteiger partial charge on any atom is -0.490 e. The summed E-state index contributed by atoms with van der Waals surface area (Å²) in [5.41, 5.74) is 0.129. The third-order valence-corrected chi connectivity index (χ3v) is 3.72. The van der Waals surface area contributed by atoms with Crippen molar-refractivity contribution >= 4 is 0 Å². The van der Waals surface area contributed by atoms with E-state index < -0.39 is 0 Å². The number of rotatable bonds is 4. The summed E-state index contributed by atoms with van der Waals surface area (Å²) in [7, 11) is 0. The van der Waals surface area contributed by atoms with Gasteiger partial charge in [-0.3, -0.25) is 0 Å². The summed E-state index contributed by atoms with van der Waals surface area (Å²) >= 11 is 0. The number of hydrogen-bond acceptors (Lipinski definition) is 2. The lowest BCUT2D eigenvalue weighted by atomic mass is 9.64. The molecule has 1 fully saturated rings. The van der Waals surface area contributed by atoms with Gasteiger partial charge in [-0.2, -0.15) is 0 Å². The SMILES string of the molecule is CCNC1CC(Oc2ccc(F)cc2)C1(C)C. The van der Waals surface area contributed by atoms with Gasteiger partial charge in [-0.05, 0) is 30.8 Å². The Morgan fingerprint density at radius 1 is 1.35 bits per heavy atom. The van der Waals surface area contributed by atoms with Crippen molar-refractivity contribution in [3.63, 3.8) is 0 Å². The first kappa shape index (κ1) is 12.4. The highest BCUT2D eigenvalue weighted by Crippen LogP contribution is 2.42. The minimum absolute atomic E-state index is 0.129. The Labute approximate surface area is 102 Å². The molecule has 1 N–H and O–H groups in total. The Hall–Kier alpha value is -1.09. The zero-order valence-electron chi connectivity index (χ0n) is 10.7. The summed E-state index contributed by atoms with van der Waals surface area (Å²) in [6.45, 7) is 7.51. The fourth-order valence-corrected chi connectivity index (χ4v) is 2.36. The lowest BCUT2D eigenvalue weighted by Crippen LogP contribution is -2.62. The highest BCUT2D eigenvalue weighted by Gasteiger charge is 2.49. The maximum absolute atomic E-state index is 12.8. The molecule has 0 bridgehead atoms. The van der Waals surface area contributed by atoms with E-state index in [9.17, 15) is 4.39 Å². The predicted molar refractivity (Wildman–Crippen MR) is 66.7 cm³/mol. The van der Waals surface area contributed by atoms with Gasteiger partial charge >= 0.3 is 0 Å². The lowest BCUT2D eigenvalue weighted by Gasteiger charge is -2.51. The third-order valence-electron chi connectivity index (χ3n) is 3.72. The first-order valence-electron chi connectivity index (χ1n) is 6.19. The molecule has 1 saturated carbocycles. The summed E-state index contributed by atoms with van der Waals surface area (Å²) in [4.78, 5) is 0. The molecule has 2 nitrogen and oxygen atoms in total. The van der Waals surface area contributed by atoms with Crippen LogP contribution >= 0.6 is 0 Å². The number of benzene rings is 1. The van der Waals surface area contributed by atoms with Crippen LogP contribution in [0.2, 0.25) is 0 Å². The van der Waals surface area contributed by atoms with Gasteiger partial charge in [0.1, 0.15) is 17.7 Å². The van der Waals surface area contributed by atoms with Crippen LogP contribution in [0.5, 0.6) is 5.75 Å². The van der Waals surface area contributed by atoms with Crippen molar-refractivity contribution in [2.24, 2.45) is 5.41 Å². The van der Waals surface area contributed by atoms with E-state index in [-0.39, 0.29) is 17.3 Å². The van der Waals surface area contributed by atoms with E-state index in [1.807, 2.05) is 0 Å². The van der Waals surface area contributed by atoms with Crippen LogP contribution in [-0.4, -0.2) is 18.7 Å². The normalized spacial score (nSPS) is 26.4. The molecule has 1 aromatic rings. The van der Waals surface area contributed by atoms with Crippen LogP contribution in [0.4, 0.5) is 4.39 Å². The van der Waals surface area contributed by atoms with Crippen LogP contribution in [0.15, 0.2) is 24.3 Å². The molecule has 0 aromatic heterocycles. The van der Waals surface area contributed by atoms with Gasteiger partial charge in [-0.15, -0.1) is 0 Å². The summed E-state index contributed by atoms with van der Waals surface area (Å²) in [5.74, 6) is 0.523. The van der Waals surface area contributed by atoms with E-state index in [1.165, 1.54) is 12.1 Å². The Morgan fingerprint density at radius 2 is 2.00 bits per heavy atom. The first-order valence-corrected chi connectivity index (χ1v) is 6.19. The number of nitrogens with one attached hydrogen (secondary N) is 1. The molecule has 0 amide bonds. The molecule has 2 unspecified atom stereocenters. The quantitative estimate of drug-likeness (QED) is 0.869. The standard InChI is InChI=1S/C14H20FNO/c1-4-16-12-9-13(14(12,2)3)17-11-7-5-10(15)6-8-11/h5-8,12-13,16H,4,9H2,1-3H3. The average molecular weight is 237 g/mol. The Balaban J connectivity index is 1.95. The van der Waals surface area contributed by atoms with Gasteiger partial charge in [0.2, 0.25) is 0 Å². The molecule has 0 aliphatic heterocycles. The third kappa shape index (κ3) is 2.44. The van der Waals surface area contributed by atoms with E-state index in [1.54, 1.807) is 12.1 Å². The smallest absolute Gasteiger partial charge is 0.123 e. The number of ether oxygens (including phenoxy) is 1. The van der Waals surface area contributed by atoms with Gasteiger partial charge < -0.3 is 10.1 Å². The average Bonchev–Trinajstić information content (AvgIpc) is 2.30. The molecule has 1 aliphatic rings. The van der Waals surface area contributed by atoms with Crippen molar-refractivity contribution in [3.05, 3.63) is 30.1 Å². The molecule has 2 rings (SSSR count). The zero-order valence-corrected chi connectivity index (χ0v) is 10.7. The zero-order chi connectivity index (χ0) is 12.5. The Bertz CT molecular complexity index is 374. The van der Waals surface area contributed by atoms with Crippen molar-refractivity contribution in [2.45, 2.75) is 39.3 Å². The fourth-order valence-electron chi connectivity index (χ4n) is 2.36. The van der Waals surface area contributed by atoms with Crippen molar-refractivity contribution in [2.75, 3.05) is 6.54 Å². The van der Waals surface area contributed by atoms with Crippen molar-refractivity contribution in [1.82, 2.24) is 5.32 Å². The summed E-state index contributed by atoms with van der Waals surface area (Å²) in [6, 6.07) is 6.75. The molecule has 0 saturated heterocycles. The summed E-state index contributed by atoms with van der Waals surface area (Å²) < 4.78 is 18.7. The maximum atomic E-state index is 12.8. The highest BCUT2D eigenvalue weighted by atomic mass is 19.1.